The van der Waals surface area contributed by atoms with Crippen molar-refractivity contribution in [1.29, 1.82) is 0 Å². The van der Waals surface area contributed by atoms with E-state index in [1.165, 1.54) is 25.3 Å². The molecule has 0 aliphatic rings. The molecule has 0 bridgehead atoms. The normalized spacial score (nSPS) is 11.3. The molecule has 1 rings (SSSR count). The molecule has 0 heterocycles. The molecule has 5 nitrogen and oxygen atoms in total. The second-order valence-electron chi connectivity index (χ2n) is 2.95. The first kappa shape index (κ1) is 11.8. The molecule has 15 heavy (non-hydrogen) atoms. The first-order valence-corrected chi connectivity index (χ1v) is 5.93. The number of hydrogen-bond acceptors (Lipinski definition) is 5. The zero-order valence-electron chi connectivity index (χ0n) is 8.30. The van der Waals surface area contributed by atoms with Gasteiger partial charge in [0.15, 0.2) is 9.84 Å². The Hall–Kier alpha value is -1.27. The van der Waals surface area contributed by atoms with Crippen LogP contribution in [-0.2, 0) is 9.84 Å². The Morgan fingerprint density at radius 1 is 1.47 bits per heavy atom. The van der Waals surface area contributed by atoms with Crippen molar-refractivity contribution < 1.29 is 18.3 Å². The third-order valence-electron chi connectivity index (χ3n) is 1.88. The molecular weight excluding hydrogens is 218 g/mol. The van der Waals surface area contributed by atoms with Crippen LogP contribution in [0, 0.1) is 0 Å². The molecule has 1 aromatic rings. The van der Waals surface area contributed by atoms with Crippen molar-refractivity contribution in [2.24, 2.45) is 0 Å². The van der Waals surface area contributed by atoms with Gasteiger partial charge in [0.2, 0.25) is 0 Å². The SMILES string of the molecule is COc1cc(N)ccc1S(=O)(=O)CCO. The largest absolute Gasteiger partial charge is 0.495 e. The zero-order valence-corrected chi connectivity index (χ0v) is 9.12. The quantitative estimate of drug-likeness (QED) is 0.714. The highest BCUT2D eigenvalue weighted by Gasteiger charge is 2.18. The molecule has 0 aliphatic heterocycles. The number of rotatable bonds is 4. The van der Waals surface area contributed by atoms with E-state index in [4.69, 9.17) is 15.6 Å². The maximum Gasteiger partial charge on any atom is 0.184 e. The van der Waals surface area contributed by atoms with Crippen molar-refractivity contribution in [3.63, 3.8) is 0 Å². The van der Waals surface area contributed by atoms with E-state index in [2.05, 4.69) is 0 Å². The van der Waals surface area contributed by atoms with Gasteiger partial charge in [0.05, 0.1) is 19.5 Å². The molecule has 0 atom stereocenters. The fourth-order valence-corrected chi connectivity index (χ4v) is 2.36. The van der Waals surface area contributed by atoms with Crippen LogP contribution in [0.3, 0.4) is 0 Å². The highest BCUT2D eigenvalue weighted by Crippen LogP contribution is 2.26. The third kappa shape index (κ3) is 2.60. The van der Waals surface area contributed by atoms with Crippen LogP contribution in [-0.4, -0.2) is 33.0 Å². The van der Waals surface area contributed by atoms with Gasteiger partial charge < -0.3 is 15.6 Å². The van der Waals surface area contributed by atoms with Gasteiger partial charge in [-0.2, -0.15) is 0 Å². The summed E-state index contributed by atoms with van der Waals surface area (Å²) in [4.78, 5) is 0.0493. The molecule has 0 amide bonds. The molecule has 0 saturated carbocycles. The fourth-order valence-electron chi connectivity index (χ4n) is 1.17. The smallest absolute Gasteiger partial charge is 0.184 e. The average Bonchev–Trinajstić information content (AvgIpc) is 2.17. The minimum Gasteiger partial charge on any atom is -0.495 e. The van der Waals surface area contributed by atoms with Crippen LogP contribution in [0.15, 0.2) is 23.1 Å². The first-order chi connectivity index (χ1) is 7.01. The van der Waals surface area contributed by atoms with Crippen LogP contribution in [0.2, 0.25) is 0 Å². The molecule has 3 N–H and O–H groups in total. The number of aliphatic hydroxyl groups is 1. The number of sulfone groups is 1. The lowest BCUT2D eigenvalue weighted by atomic mass is 10.3. The first-order valence-electron chi connectivity index (χ1n) is 4.28. The number of anilines is 1. The van der Waals surface area contributed by atoms with Gasteiger partial charge in [-0.1, -0.05) is 0 Å². The fraction of sp³-hybridized carbons (Fsp3) is 0.333. The summed E-state index contributed by atoms with van der Waals surface area (Å²) in [6.07, 6.45) is 0. The molecule has 84 valence electrons. The van der Waals surface area contributed by atoms with Gasteiger partial charge in [-0.15, -0.1) is 0 Å². The summed E-state index contributed by atoms with van der Waals surface area (Å²) in [7, 11) is -2.13. The molecule has 0 saturated heterocycles. The second-order valence-corrected chi connectivity index (χ2v) is 5.03. The van der Waals surface area contributed by atoms with Crippen molar-refractivity contribution in [2.45, 2.75) is 4.90 Å². The molecule has 0 aromatic heterocycles. The highest BCUT2D eigenvalue weighted by molar-refractivity contribution is 7.91. The van der Waals surface area contributed by atoms with Crippen LogP contribution in [0.5, 0.6) is 5.75 Å². The Bertz CT molecular complexity index is 441. The lowest BCUT2D eigenvalue weighted by Crippen LogP contribution is -2.11. The van der Waals surface area contributed by atoms with Gasteiger partial charge >= 0.3 is 0 Å². The number of nitrogen functional groups attached to an aromatic ring is 1. The number of hydrogen-bond donors (Lipinski definition) is 2. The van der Waals surface area contributed by atoms with E-state index in [1.54, 1.807) is 0 Å². The monoisotopic (exact) mass is 231 g/mol. The van der Waals surface area contributed by atoms with Crippen LogP contribution >= 0.6 is 0 Å². The van der Waals surface area contributed by atoms with E-state index in [-0.39, 0.29) is 16.4 Å². The summed E-state index contributed by atoms with van der Waals surface area (Å²) >= 11 is 0. The Morgan fingerprint density at radius 2 is 2.13 bits per heavy atom. The van der Waals surface area contributed by atoms with Gasteiger partial charge in [0.25, 0.3) is 0 Å². The van der Waals surface area contributed by atoms with Crippen LogP contribution in [0.1, 0.15) is 0 Å². The topological polar surface area (TPSA) is 89.6 Å². The predicted molar refractivity (Wildman–Crippen MR) is 56.5 cm³/mol. The Balaban J connectivity index is 3.25. The number of methoxy groups -OCH3 is 1. The van der Waals surface area contributed by atoms with E-state index in [0.717, 1.165) is 0 Å². The van der Waals surface area contributed by atoms with Crippen molar-refractivity contribution in [3.8, 4) is 5.75 Å². The van der Waals surface area contributed by atoms with E-state index < -0.39 is 16.4 Å². The molecule has 6 heteroatoms. The minimum absolute atomic E-state index is 0.0493. The molecule has 0 aliphatic carbocycles. The van der Waals surface area contributed by atoms with Gasteiger partial charge in [0, 0.05) is 11.8 Å². The van der Waals surface area contributed by atoms with E-state index in [0.29, 0.717) is 5.69 Å². The van der Waals surface area contributed by atoms with Crippen LogP contribution in [0.4, 0.5) is 5.69 Å². The summed E-state index contributed by atoms with van der Waals surface area (Å²) in [6, 6.07) is 4.29. The Labute approximate surface area is 88.4 Å². The average molecular weight is 231 g/mol. The van der Waals surface area contributed by atoms with Crippen molar-refractivity contribution in [1.82, 2.24) is 0 Å². The zero-order chi connectivity index (χ0) is 11.5. The van der Waals surface area contributed by atoms with Crippen molar-refractivity contribution in [2.75, 3.05) is 25.2 Å². The molecule has 0 fully saturated rings. The maximum absolute atomic E-state index is 11.6. The van der Waals surface area contributed by atoms with E-state index in [1.807, 2.05) is 0 Å². The standard InChI is InChI=1S/C9H13NO4S/c1-14-8-6-7(10)2-3-9(8)15(12,13)5-4-11/h2-3,6,11H,4-5,10H2,1H3. The highest BCUT2D eigenvalue weighted by atomic mass is 32.2. The maximum atomic E-state index is 11.6. The number of aliphatic hydroxyl groups excluding tert-OH is 1. The van der Waals surface area contributed by atoms with E-state index >= 15 is 0 Å². The lowest BCUT2D eigenvalue weighted by molar-refractivity contribution is 0.319. The molecule has 1 aromatic carbocycles. The number of benzene rings is 1. The summed E-state index contributed by atoms with van der Waals surface area (Å²) in [5.74, 6) is -0.128. The molecule has 0 spiro atoms. The minimum atomic E-state index is -3.50. The van der Waals surface area contributed by atoms with Crippen LogP contribution in [0.25, 0.3) is 0 Å². The third-order valence-corrected chi connectivity index (χ3v) is 3.61. The summed E-state index contributed by atoms with van der Waals surface area (Å²) in [5, 5.41) is 8.64. The molecular formula is C9H13NO4S. The van der Waals surface area contributed by atoms with Crippen molar-refractivity contribution in [3.05, 3.63) is 18.2 Å². The number of ether oxygens (including phenoxy) is 1. The Morgan fingerprint density at radius 3 is 2.67 bits per heavy atom. The van der Waals surface area contributed by atoms with Gasteiger partial charge in [0.1, 0.15) is 10.6 Å². The predicted octanol–water partition coefficient (Wildman–Crippen LogP) is 0.0434. The van der Waals surface area contributed by atoms with Gasteiger partial charge in [-0.25, -0.2) is 8.42 Å². The molecule has 0 unspecified atom stereocenters. The lowest BCUT2D eigenvalue weighted by Gasteiger charge is -2.09. The molecule has 0 radical (unpaired) electrons. The van der Waals surface area contributed by atoms with Crippen LogP contribution < -0.4 is 10.5 Å². The Kier molecular flexibility index (Phi) is 3.54. The summed E-state index contributed by atoms with van der Waals surface area (Å²) in [5.41, 5.74) is 5.92. The number of nitrogens with two attached hydrogens (primary N) is 1. The second kappa shape index (κ2) is 4.50. The van der Waals surface area contributed by atoms with E-state index in [9.17, 15) is 8.42 Å². The summed E-state index contributed by atoms with van der Waals surface area (Å²) < 4.78 is 28.2. The van der Waals surface area contributed by atoms with Gasteiger partial charge in [-0.05, 0) is 12.1 Å². The van der Waals surface area contributed by atoms with Crippen molar-refractivity contribution >= 4 is 15.5 Å². The van der Waals surface area contributed by atoms with Gasteiger partial charge in [-0.3, -0.25) is 0 Å². The summed E-state index contributed by atoms with van der Waals surface area (Å²) in [6.45, 7) is -0.421.